The maximum Gasteiger partial charge on any atom is 0.416 e. The molecule has 0 bridgehead atoms. The summed E-state index contributed by atoms with van der Waals surface area (Å²) in [6.07, 6.45) is -4.50. The predicted octanol–water partition coefficient (Wildman–Crippen LogP) is 2.96. The molecule has 0 saturated heterocycles. The van der Waals surface area contributed by atoms with Crippen LogP contribution in [0.15, 0.2) is 36.4 Å². The van der Waals surface area contributed by atoms with E-state index in [0.29, 0.717) is 34.9 Å². The third kappa shape index (κ3) is 2.57. The molecule has 3 aromatic rings. The highest BCUT2D eigenvalue weighted by Gasteiger charge is 2.33. The zero-order chi connectivity index (χ0) is 16.7. The number of hydrogen-bond acceptors (Lipinski definition) is 5. The van der Waals surface area contributed by atoms with E-state index in [2.05, 4.69) is 25.6 Å². The number of alkyl halides is 3. The Balaban J connectivity index is 1.62. The second-order valence-corrected chi connectivity index (χ2v) is 5.31. The maximum atomic E-state index is 12.8. The van der Waals surface area contributed by atoms with Gasteiger partial charge in [0.05, 0.1) is 11.3 Å². The lowest BCUT2D eigenvalue weighted by Gasteiger charge is -2.10. The van der Waals surface area contributed by atoms with Gasteiger partial charge in [-0.1, -0.05) is 6.07 Å². The predicted molar refractivity (Wildman–Crippen MR) is 75.9 cm³/mol. The molecule has 2 aromatic heterocycles. The van der Waals surface area contributed by atoms with Crippen LogP contribution in [-0.2, 0) is 12.6 Å². The SMILES string of the molecule is FC(F)(F)c1ccc2c(c1)C[C@H](c1cccc(-c3nn[nH]n3)n1)O2. The number of pyridine rings is 1. The Labute approximate surface area is 133 Å². The smallest absolute Gasteiger partial charge is 0.416 e. The molecule has 24 heavy (non-hydrogen) atoms. The second-order valence-electron chi connectivity index (χ2n) is 5.31. The summed E-state index contributed by atoms with van der Waals surface area (Å²) >= 11 is 0. The van der Waals surface area contributed by atoms with Crippen LogP contribution >= 0.6 is 0 Å². The van der Waals surface area contributed by atoms with E-state index in [9.17, 15) is 13.2 Å². The van der Waals surface area contributed by atoms with E-state index in [1.54, 1.807) is 18.2 Å². The molecule has 0 amide bonds. The largest absolute Gasteiger partial charge is 0.483 e. The van der Waals surface area contributed by atoms with Gasteiger partial charge in [0.15, 0.2) is 0 Å². The zero-order valence-corrected chi connectivity index (χ0v) is 12.1. The summed E-state index contributed by atoms with van der Waals surface area (Å²) in [5.74, 6) is 0.784. The van der Waals surface area contributed by atoms with E-state index in [1.807, 2.05) is 0 Å². The average Bonchev–Trinajstić information content (AvgIpc) is 3.23. The van der Waals surface area contributed by atoms with Gasteiger partial charge in [0.2, 0.25) is 5.82 Å². The lowest BCUT2D eigenvalue weighted by molar-refractivity contribution is -0.137. The van der Waals surface area contributed by atoms with Gasteiger partial charge < -0.3 is 4.74 Å². The Morgan fingerprint density at radius 1 is 1.17 bits per heavy atom. The van der Waals surface area contributed by atoms with Crippen LogP contribution in [0.5, 0.6) is 5.75 Å². The van der Waals surface area contributed by atoms with Gasteiger partial charge in [-0.3, -0.25) is 0 Å². The van der Waals surface area contributed by atoms with Crippen molar-refractivity contribution in [2.45, 2.75) is 18.7 Å². The van der Waals surface area contributed by atoms with Gasteiger partial charge in [0, 0.05) is 6.42 Å². The van der Waals surface area contributed by atoms with Crippen molar-refractivity contribution in [1.29, 1.82) is 0 Å². The summed E-state index contributed by atoms with van der Waals surface area (Å²) in [5.41, 5.74) is 0.944. The Hall–Kier alpha value is -2.97. The van der Waals surface area contributed by atoms with Crippen LogP contribution in [0.25, 0.3) is 11.5 Å². The highest BCUT2D eigenvalue weighted by molar-refractivity contribution is 5.48. The third-order valence-electron chi connectivity index (χ3n) is 3.74. The molecule has 1 aliphatic rings. The zero-order valence-electron chi connectivity index (χ0n) is 12.1. The molecule has 3 heterocycles. The van der Waals surface area contributed by atoms with Gasteiger partial charge >= 0.3 is 6.18 Å². The van der Waals surface area contributed by atoms with Crippen molar-refractivity contribution in [3.8, 4) is 17.3 Å². The van der Waals surface area contributed by atoms with Crippen LogP contribution in [-0.4, -0.2) is 25.6 Å². The molecule has 1 atom stereocenters. The number of benzene rings is 1. The lowest BCUT2D eigenvalue weighted by Crippen LogP contribution is -2.06. The molecule has 9 heteroatoms. The summed E-state index contributed by atoms with van der Waals surface area (Å²) < 4.78 is 44.2. The molecule has 1 aromatic carbocycles. The number of hydrogen-bond donors (Lipinski definition) is 1. The number of tetrazole rings is 1. The Bertz CT molecular complexity index is 879. The topological polar surface area (TPSA) is 76.6 Å². The monoisotopic (exact) mass is 333 g/mol. The minimum absolute atomic E-state index is 0.321. The van der Waals surface area contributed by atoms with Crippen LogP contribution < -0.4 is 4.74 Å². The van der Waals surface area contributed by atoms with Crippen molar-refractivity contribution < 1.29 is 17.9 Å². The number of nitrogens with zero attached hydrogens (tertiary/aromatic N) is 4. The molecule has 122 valence electrons. The minimum atomic E-state index is -4.37. The van der Waals surface area contributed by atoms with Gasteiger partial charge in [0.25, 0.3) is 0 Å². The lowest BCUT2D eigenvalue weighted by atomic mass is 10.0. The van der Waals surface area contributed by atoms with Gasteiger partial charge in [-0.25, -0.2) is 4.98 Å². The Morgan fingerprint density at radius 3 is 2.79 bits per heavy atom. The van der Waals surface area contributed by atoms with Gasteiger partial charge in [-0.05, 0) is 41.1 Å². The normalized spacial score (nSPS) is 16.7. The molecule has 6 nitrogen and oxygen atoms in total. The van der Waals surface area contributed by atoms with E-state index in [0.717, 1.165) is 12.1 Å². The standard InChI is InChI=1S/C15H10F3N5O/c16-15(17,18)9-4-5-12-8(6-9)7-13(24-12)10-2-1-3-11(19-10)14-20-22-23-21-14/h1-6,13H,7H2,(H,20,21,22,23)/t13-/m1/s1. The fourth-order valence-electron chi connectivity index (χ4n) is 2.62. The number of nitrogens with one attached hydrogen (secondary N) is 1. The summed E-state index contributed by atoms with van der Waals surface area (Å²) in [7, 11) is 0. The first-order valence-corrected chi connectivity index (χ1v) is 7.08. The molecular formula is C15H10F3N5O. The molecule has 0 aliphatic carbocycles. The highest BCUT2D eigenvalue weighted by Crippen LogP contribution is 2.40. The number of ether oxygens (including phenoxy) is 1. The number of rotatable bonds is 2. The van der Waals surface area contributed by atoms with E-state index in [4.69, 9.17) is 4.74 Å². The molecule has 0 saturated carbocycles. The first kappa shape index (κ1) is 14.6. The van der Waals surface area contributed by atoms with E-state index >= 15 is 0 Å². The van der Waals surface area contributed by atoms with Crippen molar-refractivity contribution >= 4 is 0 Å². The second kappa shape index (κ2) is 5.29. The molecule has 1 aliphatic heterocycles. The van der Waals surface area contributed by atoms with Crippen LogP contribution in [0.2, 0.25) is 0 Å². The molecule has 0 spiro atoms. The van der Waals surface area contributed by atoms with Crippen LogP contribution in [0.1, 0.15) is 22.9 Å². The van der Waals surface area contributed by atoms with Crippen LogP contribution in [0, 0.1) is 0 Å². The molecule has 0 fully saturated rings. The minimum Gasteiger partial charge on any atom is -0.483 e. The van der Waals surface area contributed by atoms with E-state index < -0.39 is 17.8 Å². The van der Waals surface area contributed by atoms with Crippen LogP contribution in [0.3, 0.4) is 0 Å². The number of aromatic nitrogens is 5. The number of aromatic amines is 1. The molecule has 0 radical (unpaired) electrons. The molecule has 1 N–H and O–H groups in total. The molecule has 0 unspecified atom stereocenters. The van der Waals surface area contributed by atoms with Gasteiger partial charge in [0.1, 0.15) is 17.5 Å². The maximum absolute atomic E-state index is 12.8. The Morgan fingerprint density at radius 2 is 2.04 bits per heavy atom. The fraction of sp³-hybridized carbons (Fsp3) is 0.200. The fourth-order valence-corrected chi connectivity index (χ4v) is 2.62. The van der Waals surface area contributed by atoms with Crippen LogP contribution in [0.4, 0.5) is 13.2 Å². The summed E-state index contributed by atoms with van der Waals surface area (Å²) in [5, 5.41) is 13.5. The van der Waals surface area contributed by atoms with Crippen molar-refractivity contribution in [2.24, 2.45) is 0 Å². The Kier molecular flexibility index (Phi) is 3.22. The van der Waals surface area contributed by atoms with Crippen molar-refractivity contribution in [3.05, 3.63) is 53.2 Å². The first-order valence-electron chi connectivity index (χ1n) is 7.08. The number of fused-ring (bicyclic) bond motifs is 1. The molecule has 4 rings (SSSR count). The van der Waals surface area contributed by atoms with Crippen molar-refractivity contribution in [1.82, 2.24) is 25.6 Å². The summed E-state index contributed by atoms with van der Waals surface area (Å²) in [4.78, 5) is 4.42. The summed E-state index contributed by atoms with van der Waals surface area (Å²) in [6.45, 7) is 0. The van der Waals surface area contributed by atoms with Crippen molar-refractivity contribution in [3.63, 3.8) is 0 Å². The molecular weight excluding hydrogens is 323 g/mol. The van der Waals surface area contributed by atoms with Gasteiger partial charge in [-0.2, -0.15) is 18.4 Å². The highest BCUT2D eigenvalue weighted by atomic mass is 19.4. The number of H-pyrrole nitrogens is 1. The summed E-state index contributed by atoms with van der Waals surface area (Å²) in [6, 6.07) is 8.73. The van der Waals surface area contributed by atoms with Crippen molar-refractivity contribution in [2.75, 3.05) is 0 Å². The third-order valence-corrected chi connectivity index (χ3v) is 3.74. The quantitative estimate of drug-likeness (QED) is 0.780. The first-order chi connectivity index (χ1) is 11.5. The number of halogens is 3. The van der Waals surface area contributed by atoms with E-state index in [-0.39, 0.29) is 0 Å². The average molecular weight is 333 g/mol. The van der Waals surface area contributed by atoms with Gasteiger partial charge in [-0.15, -0.1) is 10.2 Å². The van der Waals surface area contributed by atoms with E-state index in [1.165, 1.54) is 6.07 Å².